The lowest BCUT2D eigenvalue weighted by atomic mass is 9.63. The normalized spacial score (nSPS) is 45.9. The van der Waals surface area contributed by atoms with Crippen molar-refractivity contribution in [1.82, 2.24) is 0 Å². The maximum atomic E-state index is 11.0. The van der Waals surface area contributed by atoms with Crippen molar-refractivity contribution in [2.45, 2.75) is 71.6 Å². The third-order valence-corrected chi connectivity index (χ3v) is 4.60. The SMILES string of the molecule is CC=CC1(O)C(C)=CC2(CC1(C)C)OC(C)C(C)O2. The summed E-state index contributed by atoms with van der Waals surface area (Å²) in [6, 6.07) is 0. The highest BCUT2D eigenvalue weighted by Crippen LogP contribution is 2.52. The quantitative estimate of drug-likeness (QED) is 0.741. The molecule has 3 atom stereocenters. The maximum Gasteiger partial charge on any atom is 0.189 e. The van der Waals surface area contributed by atoms with E-state index in [1.165, 1.54) is 0 Å². The molecule has 0 radical (unpaired) electrons. The number of aliphatic hydroxyl groups is 1. The summed E-state index contributed by atoms with van der Waals surface area (Å²) >= 11 is 0. The third-order valence-electron chi connectivity index (χ3n) is 4.60. The first kappa shape index (κ1) is 14.8. The highest BCUT2D eigenvalue weighted by molar-refractivity contribution is 5.33. The Morgan fingerprint density at radius 2 is 1.79 bits per heavy atom. The Bertz CT molecular complexity index is 412. The molecule has 1 aliphatic heterocycles. The molecule has 3 unspecified atom stereocenters. The Hall–Kier alpha value is -0.640. The van der Waals surface area contributed by atoms with Gasteiger partial charge in [-0.25, -0.2) is 0 Å². The van der Waals surface area contributed by atoms with Gasteiger partial charge in [0.15, 0.2) is 5.79 Å². The minimum atomic E-state index is -0.936. The van der Waals surface area contributed by atoms with Crippen LogP contribution in [-0.2, 0) is 9.47 Å². The Balaban J connectivity index is 2.44. The van der Waals surface area contributed by atoms with Crippen LogP contribution in [0.4, 0.5) is 0 Å². The topological polar surface area (TPSA) is 38.7 Å². The minimum absolute atomic E-state index is 0.0766. The number of hydrogen-bond acceptors (Lipinski definition) is 3. The summed E-state index contributed by atoms with van der Waals surface area (Å²) in [6.45, 7) is 12.1. The summed E-state index contributed by atoms with van der Waals surface area (Å²) in [5.74, 6) is -0.680. The molecule has 1 aliphatic carbocycles. The zero-order chi connectivity index (χ0) is 14.5. The molecule has 0 saturated carbocycles. The molecule has 3 nitrogen and oxygen atoms in total. The predicted molar refractivity (Wildman–Crippen MR) is 75.7 cm³/mol. The molecule has 1 saturated heterocycles. The lowest BCUT2D eigenvalue weighted by Crippen LogP contribution is -2.53. The largest absolute Gasteiger partial charge is 0.381 e. The van der Waals surface area contributed by atoms with Crippen molar-refractivity contribution >= 4 is 0 Å². The summed E-state index contributed by atoms with van der Waals surface area (Å²) in [5.41, 5.74) is -0.389. The standard InChI is InChI=1S/C16H26O3/c1-7-8-16(17)11(2)9-15(10-14(16,5)6)18-12(3)13(4)19-15/h7-9,12-13,17H,10H2,1-6H3. The fourth-order valence-corrected chi connectivity index (χ4v) is 3.37. The van der Waals surface area contributed by atoms with Gasteiger partial charge in [0.05, 0.1) is 12.2 Å². The summed E-state index contributed by atoms with van der Waals surface area (Å²) in [4.78, 5) is 0. The van der Waals surface area contributed by atoms with Gasteiger partial charge in [0, 0.05) is 11.8 Å². The fourth-order valence-electron chi connectivity index (χ4n) is 3.37. The van der Waals surface area contributed by atoms with Crippen molar-refractivity contribution in [2.24, 2.45) is 5.41 Å². The molecule has 108 valence electrons. The van der Waals surface area contributed by atoms with Crippen LogP contribution in [0, 0.1) is 5.41 Å². The molecule has 0 aromatic heterocycles. The molecular formula is C16H26O3. The van der Waals surface area contributed by atoms with E-state index in [1.807, 2.05) is 45.9 Å². The van der Waals surface area contributed by atoms with Gasteiger partial charge in [-0.05, 0) is 39.3 Å². The van der Waals surface area contributed by atoms with Crippen LogP contribution >= 0.6 is 0 Å². The van der Waals surface area contributed by atoms with Crippen molar-refractivity contribution < 1.29 is 14.6 Å². The number of ether oxygens (including phenoxy) is 2. The molecule has 2 aliphatic rings. The second kappa shape index (κ2) is 4.44. The van der Waals surface area contributed by atoms with Crippen LogP contribution < -0.4 is 0 Å². The van der Waals surface area contributed by atoms with Gasteiger partial charge in [-0.3, -0.25) is 0 Å². The van der Waals surface area contributed by atoms with Crippen LogP contribution in [0.2, 0.25) is 0 Å². The second-order valence-electron chi connectivity index (χ2n) is 6.61. The first-order valence-electron chi connectivity index (χ1n) is 7.08. The molecule has 1 fully saturated rings. The minimum Gasteiger partial charge on any atom is -0.381 e. The van der Waals surface area contributed by atoms with Gasteiger partial charge >= 0.3 is 0 Å². The van der Waals surface area contributed by atoms with Crippen LogP contribution in [0.15, 0.2) is 23.8 Å². The molecule has 0 amide bonds. The summed E-state index contributed by atoms with van der Waals surface area (Å²) in [6.07, 6.45) is 6.53. The highest BCUT2D eigenvalue weighted by atomic mass is 16.8. The molecule has 3 heteroatoms. The van der Waals surface area contributed by atoms with E-state index in [2.05, 4.69) is 13.8 Å². The van der Waals surface area contributed by atoms with Crippen molar-refractivity contribution in [1.29, 1.82) is 0 Å². The van der Waals surface area contributed by atoms with E-state index in [-0.39, 0.29) is 17.6 Å². The van der Waals surface area contributed by atoms with Gasteiger partial charge in [-0.2, -0.15) is 0 Å². The Labute approximate surface area is 116 Å². The maximum absolute atomic E-state index is 11.0. The van der Waals surface area contributed by atoms with E-state index in [0.29, 0.717) is 6.42 Å². The Morgan fingerprint density at radius 3 is 2.21 bits per heavy atom. The monoisotopic (exact) mass is 266 g/mol. The van der Waals surface area contributed by atoms with Crippen molar-refractivity contribution in [3.63, 3.8) is 0 Å². The van der Waals surface area contributed by atoms with Crippen LogP contribution in [-0.4, -0.2) is 28.7 Å². The molecule has 19 heavy (non-hydrogen) atoms. The van der Waals surface area contributed by atoms with Gasteiger partial charge in [0.2, 0.25) is 0 Å². The van der Waals surface area contributed by atoms with E-state index in [4.69, 9.17) is 9.47 Å². The number of rotatable bonds is 1. The lowest BCUT2D eigenvalue weighted by molar-refractivity contribution is -0.183. The summed E-state index contributed by atoms with van der Waals surface area (Å²) in [7, 11) is 0. The van der Waals surface area contributed by atoms with E-state index in [9.17, 15) is 5.11 Å². The fraction of sp³-hybridized carbons (Fsp3) is 0.750. The summed E-state index contributed by atoms with van der Waals surface area (Å²) in [5, 5.41) is 11.0. The molecule has 1 N–H and O–H groups in total. The van der Waals surface area contributed by atoms with Gasteiger partial charge in [0.25, 0.3) is 0 Å². The molecule has 0 bridgehead atoms. The molecule has 2 rings (SSSR count). The third kappa shape index (κ3) is 2.18. The Morgan fingerprint density at radius 1 is 1.26 bits per heavy atom. The van der Waals surface area contributed by atoms with Gasteiger partial charge < -0.3 is 14.6 Å². The van der Waals surface area contributed by atoms with E-state index in [1.54, 1.807) is 0 Å². The van der Waals surface area contributed by atoms with Crippen LogP contribution in [0.3, 0.4) is 0 Å². The first-order chi connectivity index (χ1) is 8.66. The average Bonchev–Trinajstić information content (AvgIpc) is 2.51. The molecule has 1 spiro atoms. The van der Waals surface area contributed by atoms with Crippen molar-refractivity contribution in [3.05, 3.63) is 23.8 Å². The van der Waals surface area contributed by atoms with Gasteiger partial charge in [-0.15, -0.1) is 0 Å². The zero-order valence-electron chi connectivity index (χ0n) is 12.9. The smallest absolute Gasteiger partial charge is 0.189 e. The van der Waals surface area contributed by atoms with Gasteiger partial charge in [0.1, 0.15) is 5.60 Å². The number of hydrogen-bond donors (Lipinski definition) is 1. The van der Waals surface area contributed by atoms with Crippen molar-refractivity contribution in [2.75, 3.05) is 0 Å². The molecule has 0 aromatic carbocycles. The molecule has 1 heterocycles. The lowest BCUT2D eigenvalue weighted by Gasteiger charge is -2.49. The van der Waals surface area contributed by atoms with Crippen molar-refractivity contribution in [3.8, 4) is 0 Å². The Kier molecular flexibility index (Phi) is 3.45. The second-order valence-corrected chi connectivity index (χ2v) is 6.61. The van der Waals surface area contributed by atoms with E-state index < -0.39 is 11.4 Å². The van der Waals surface area contributed by atoms with Crippen LogP contribution in [0.25, 0.3) is 0 Å². The average molecular weight is 266 g/mol. The summed E-state index contributed by atoms with van der Waals surface area (Å²) < 4.78 is 12.1. The highest BCUT2D eigenvalue weighted by Gasteiger charge is 2.56. The molecular weight excluding hydrogens is 240 g/mol. The van der Waals surface area contributed by atoms with Crippen LogP contribution in [0.1, 0.15) is 48.0 Å². The van der Waals surface area contributed by atoms with Crippen LogP contribution in [0.5, 0.6) is 0 Å². The van der Waals surface area contributed by atoms with E-state index in [0.717, 1.165) is 5.57 Å². The molecule has 0 aromatic rings. The zero-order valence-corrected chi connectivity index (χ0v) is 12.9. The number of allylic oxidation sites excluding steroid dienone is 1. The predicted octanol–water partition coefficient (Wildman–Crippen LogP) is 3.19. The first-order valence-corrected chi connectivity index (χ1v) is 7.08. The van der Waals surface area contributed by atoms with Gasteiger partial charge in [-0.1, -0.05) is 26.0 Å². The van der Waals surface area contributed by atoms with E-state index >= 15 is 0 Å².